The molecule has 0 spiro atoms. The van der Waals surface area contributed by atoms with Crippen molar-refractivity contribution in [3.05, 3.63) is 23.2 Å². The lowest BCUT2D eigenvalue weighted by Crippen LogP contribution is -2.32. The maximum absolute atomic E-state index is 5.76. The number of nitrogens with zero attached hydrogens (tertiary/aromatic N) is 2. The molecule has 0 aliphatic rings. The van der Waals surface area contributed by atoms with Crippen LogP contribution in [0, 0.1) is 6.92 Å². The fourth-order valence-corrected chi connectivity index (χ4v) is 2.17. The minimum absolute atomic E-state index is 0.798. The summed E-state index contributed by atoms with van der Waals surface area (Å²) in [5.41, 5.74) is 1.32. The average molecular weight is 267 g/mol. The van der Waals surface area contributed by atoms with Crippen molar-refractivity contribution in [3.8, 4) is 0 Å². The Morgan fingerprint density at radius 3 is 2.53 bits per heavy atom. The van der Waals surface area contributed by atoms with E-state index in [0.717, 1.165) is 44.2 Å². The first-order chi connectivity index (χ1) is 9.06. The topological polar surface area (TPSA) is 31.6 Å². The molecule has 1 aromatic heterocycles. The highest BCUT2D eigenvalue weighted by molar-refractivity contribution is 5.20. The van der Waals surface area contributed by atoms with Crippen LogP contribution in [-0.2, 0) is 13.1 Å². The molecule has 0 fully saturated rings. The van der Waals surface area contributed by atoms with E-state index in [1.165, 1.54) is 12.0 Å². The molecule has 0 amide bonds. The van der Waals surface area contributed by atoms with Gasteiger partial charge < -0.3 is 14.6 Å². The van der Waals surface area contributed by atoms with Crippen LogP contribution >= 0.6 is 0 Å². The first-order valence-corrected chi connectivity index (χ1v) is 7.16. The van der Waals surface area contributed by atoms with Crippen molar-refractivity contribution in [1.82, 2.24) is 15.1 Å². The third-order valence-corrected chi connectivity index (χ3v) is 3.22. The lowest BCUT2D eigenvalue weighted by molar-refractivity contribution is 0.233. The van der Waals surface area contributed by atoms with E-state index in [-0.39, 0.29) is 0 Å². The molecule has 0 saturated heterocycles. The van der Waals surface area contributed by atoms with Crippen molar-refractivity contribution >= 4 is 0 Å². The summed E-state index contributed by atoms with van der Waals surface area (Å²) in [6.45, 7) is 9.42. The predicted molar refractivity (Wildman–Crippen MR) is 80.3 cm³/mol. The summed E-state index contributed by atoms with van der Waals surface area (Å²) >= 11 is 0. The minimum Gasteiger partial charge on any atom is -0.465 e. The van der Waals surface area contributed by atoms with Crippen LogP contribution < -0.4 is 5.32 Å². The van der Waals surface area contributed by atoms with Crippen LogP contribution in [0.25, 0.3) is 0 Å². The predicted octanol–water partition coefficient (Wildman–Crippen LogP) is 2.08. The van der Waals surface area contributed by atoms with Gasteiger partial charge in [-0.05, 0) is 47.1 Å². The highest BCUT2D eigenvalue weighted by Gasteiger charge is 2.11. The molecular formula is C15H29N3O. The molecule has 110 valence electrons. The fourth-order valence-electron chi connectivity index (χ4n) is 2.17. The molecule has 0 aliphatic heterocycles. The summed E-state index contributed by atoms with van der Waals surface area (Å²) < 4.78 is 5.76. The Morgan fingerprint density at radius 2 is 1.95 bits per heavy atom. The van der Waals surface area contributed by atoms with Gasteiger partial charge in [0, 0.05) is 25.2 Å². The van der Waals surface area contributed by atoms with Gasteiger partial charge in [-0.25, -0.2) is 0 Å². The molecule has 4 heteroatoms. The summed E-state index contributed by atoms with van der Waals surface area (Å²) in [6.07, 6.45) is 1.19. The summed E-state index contributed by atoms with van der Waals surface area (Å²) in [5, 5.41) is 3.13. The molecule has 0 aromatic carbocycles. The lowest BCUT2D eigenvalue weighted by atomic mass is 10.2. The monoisotopic (exact) mass is 267 g/mol. The summed E-state index contributed by atoms with van der Waals surface area (Å²) in [7, 11) is 6.19. The van der Waals surface area contributed by atoms with Crippen molar-refractivity contribution in [3.63, 3.8) is 0 Å². The molecule has 0 radical (unpaired) electrons. The fraction of sp³-hybridized carbons (Fsp3) is 0.733. The Hall–Kier alpha value is -0.840. The zero-order chi connectivity index (χ0) is 14.3. The van der Waals surface area contributed by atoms with Crippen molar-refractivity contribution in [2.45, 2.75) is 33.4 Å². The highest BCUT2D eigenvalue weighted by atomic mass is 16.3. The van der Waals surface area contributed by atoms with Gasteiger partial charge in [-0.1, -0.05) is 6.92 Å². The Morgan fingerprint density at radius 1 is 1.21 bits per heavy atom. The number of likely N-dealkylation sites (N-methyl/N-ethyl adjacent to an activating group) is 1. The largest absolute Gasteiger partial charge is 0.465 e. The van der Waals surface area contributed by atoms with Gasteiger partial charge in [0.2, 0.25) is 0 Å². The SMILES string of the molecule is CCCN(CCN(C)C)Cc1cc(CNC)oc1C. The number of rotatable bonds is 9. The number of aryl methyl sites for hydroxylation is 1. The van der Waals surface area contributed by atoms with Crippen LogP contribution in [0.2, 0.25) is 0 Å². The zero-order valence-corrected chi connectivity index (χ0v) is 13.1. The van der Waals surface area contributed by atoms with E-state index in [2.05, 4.69) is 49.1 Å². The third-order valence-electron chi connectivity index (χ3n) is 3.22. The Balaban J connectivity index is 2.61. The molecular weight excluding hydrogens is 238 g/mol. The second kappa shape index (κ2) is 8.35. The molecule has 1 heterocycles. The first kappa shape index (κ1) is 16.2. The molecule has 0 unspecified atom stereocenters. The number of nitrogens with one attached hydrogen (secondary N) is 1. The Bertz CT molecular complexity index is 360. The van der Waals surface area contributed by atoms with Crippen LogP contribution in [0.1, 0.15) is 30.4 Å². The molecule has 0 aliphatic carbocycles. The highest BCUT2D eigenvalue weighted by Crippen LogP contribution is 2.16. The van der Waals surface area contributed by atoms with E-state index in [1.54, 1.807) is 0 Å². The number of furan rings is 1. The molecule has 0 atom stereocenters. The molecule has 1 aromatic rings. The van der Waals surface area contributed by atoms with E-state index in [9.17, 15) is 0 Å². The van der Waals surface area contributed by atoms with Gasteiger partial charge >= 0.3 is 0 Å². The standard InChI is InChI=1S/C15H29N3O/c1-6-7-18(9-8-17(4)5)12-14-10-15(11-16-3)19-13(14)2/h10,16H,6-9,11-12H2,1-5H3. The lowest BCUT2D eigenvalue weighted by Gasteiger charge is -2.23. The van der Waals surface area contributed by atoms with Gasteiger partial charge in [0.05, 0.1) is 6.54 Å². The summed E-state index contributed by atoms with van der Waals surface area (Å²) in [6, 6.07) is 2.18. The number of hydrogen-bond acceptors (Lipinski definition) is 4. The second-order valence-corrected chi connectivity index (χ2v) is 5.40. The van der Waals surface area contributed by atoms with Crippen molar-refractivity contribution in [1.29, 1.82) is 0 Å². The molecule has 19 heavy (non-hydrogen) atoms. The third kappa shape index (κ3) is 5.76. The van der Waals surface area contributed by atoms with Crippen molar-refractivity contribution in [2.24, 2.45) is 0 Å². The minimum atomic E-state index is 0.798. The van der Waals surface area contributed by atoms with Gasteiger partial charge in [0.15, 0.2) is 0 Å². The molecule has 1 N–H and O–H groups in total. The van der Waals surface area contributed by atoms with Gasteiger partial charge in [0.1, 0.15) is 11.5 Å². The molecule has 1 rings (SSSR count). The van der Waals surface area contributed by atoms with Gasteiger partial charge in [-0.2, -0.15) is 0 Å². The average Bonchev–Trinajstić information content (AvgIpc) is 2.67. The van der Waals surface area contributed by atoms with E-state index in [4.69, 9.17) is 4.42 Å². The molecule has 0 saturated carbocycles. The summed E-state index contributed by atoms with van der Waals surface area (Å²) in [5.74, 6) is 2.08. The van der Waals surface area contributed by atoms with Crippen LogP contribution in [0.3, 0.4) is 0 Å². The molecule has 4 nitrogen and oxygen atoms in total. The quantitative estimate of drug-likeness (QED) is 0.742. The first-order valence-electron chi connectivity index (χ1n) is 7.16. The smallest absolute Gasteiger partial charge is 0.118 e. The Labute approximate surface area is 117 Å². The van der Waals surface area contributed by atoms with E-state index >= 15 is 0 Å². The van der Waals surface area contributed by atoms with Crippen LogP contribution in [0.15, 0.2) is 10.5 Å². The number of hydrogen-bond donors (Lipinski definition) is 1. The van der Waals surface area contributed by atoms with E-state index in [0.29, 0.717) is 0 Å². The summed E-state index contributed by atoms with van der Waals surface area (Å²) in [4.78, 5) is 4.73. The van der Waals surface area contributed by atoms with Crippen LogP contribution in [0.5, 0.6) is 0 Å². The molecule has 0 bridgehead atoms. The second-order valence-electron chi connectivity index (χ2n) is 5.40. The van der Waals surface area contributed by atoms with Crippen LogP contribution in [0.4, 0.5) is 0 Å². The van der Waals surface area contributed by atoms with Crippen molar-refractivity contribution in [2.75, 3.05) is 40.8 Å². The van der Waals surface area contributed by atoms with Gasteiger partial charge in [0.25, 0.3) is 0 Å². The maximum Gasteiger partial charge on any atom is 0.118 e. The normalized spacial score (nSPS) is 11.7. The van der Waals surface area contributed by atoms with Crippen molar-refractivity contribution < 1.29 is 4.42 Å². The van der Waals surface area contributed by atoms with E-state index in [1.807, 2.05) is 7.05 Å². The van der Waals surface area contributed by atoms with Gasteiger partial charge in [-0.3, -0.25) is 4.90 Å². The Kier molecular flexibility index (Phi) is 7.13. The van der Waals surface area contributed by atoms with Crippen LogP contribution in [-0.4, -0.2) is 50.6 Å². The van der Waals surface area contributed by atoms with E-state index < -0.39 is 0 Å². The maximum atomic E-state index is 5.76. The zero-order valence-electron chi connectivity index (χ0n) is 13.1. The van der Waals surface area contributed by atoms with Gasteiger partial charge in [-0.15, -0.1) is 0 Å².